The third-order valence-corrected chi connectivity index (χ3v) is 5.00. The van der Waals surface area contributed by atoms with Gasteiger partial charge >= 0.3 is 0 Å². The Morgan fingerprint density at radius 3 is 2.62 bits per heavy atom. The molecule has 1 atom stereocenters. The van der Waals surface area contributed by atoms with Crippen LogP contribution < -0.4 is 10.1 Å². The monoisotopic (exact) mass is 335 g/mol. The highest BCUT2D eigenvalue weighted by Gasteiger charge is 2.31. The SMILES string of the molecule is COC1(CNCc2ccc(OCC3CCCO3)cc2)CCOCC1. The highest BCUT2D eigenvalue weighted by atomic mass is 16.5. The van der Waals surface area contributed by atoms with Gasteiger partial charge in [-0.1, -0.05) is 12.1 Å². The molecule has 0 aromatic heterocycles. The summed E-state index contributed by atoms with van der Waals surface area (Å²) in [5.74, 6) is 0.909. The first-order valence-corrected chi connectivity index (χ1v) is 8.97. The molecular formula is C19H29NO4. The van der Waals surface area contributed by atoms with Crippen LogP contribution in [0.4, 0.5) is 0 Å². The van der Waals surface area contributed by atoms with Gasteiger partial charge in [0.25, 0.3) is 0 Å². The van der Waals surface area contributed by atoms with Gasteiger partial charge in [-0.3, -0.25) is 0 Å². The zero-order valence-electron chi connectivity index (χ0n) is 14.6. The number of methoxy groups -OCH3 is 1. The van der Waals surface area contributed by atoms with Gasteiger partial charge < -0.3 is 24.3 Å². The first-order valence-electron chi connectivity index (χ1n) is 8.97. The summed E-state index contributed by atoms with van der Waals surface area (Å²) in [6, 6.07) is 8.29. The van der Waals surface area contributed by atoms with Crippen LogP contribution in [0.1, 0.15) is 31.2 Å². The lowest BCUT2D eigenvalue weighted by atomic mass is 9.94. The summed E-state index contributed by atoms with van der Waals surface area (Å²) in [5.41, 5.74) is 1.17. The highest BCUT2D eigenvalue weighted by molar-refractivity contribution is 5.27. The van der Waals surface area contributed by atoms with E-state index in [0.29, 0.717) is 6.61 Å². The summed E-state index contributed by atoms with van der Waals surface area (Å²) in [6.07, 6.45) is 4.41. The molecule has 0 bridgehead atoms. The zero-order valence-corrected chi connectivity index (χ0v) is 14.6. The standard InChI is InChI=1S/C19H29NO4/c1-21-19(8-11-22-12-9-19)15-20-13-16-4-6-17(7-5-16)24-14-18-3-2-10-23-18/h4-7,18,20H,2-3,8-15H2,1H3. The predicted molar refractivity (Wildman–Crippen MR) is 92.4 cm³/mol. The summed E-state index contributed by atoms with van der Waals surface area (Å²) in [7, 11) is 1.80. The van der Waals surface area contributed by atoms with Crippen LogP contribution in [-0.4, -0.2) is 51.8 Å². The zero-order chi connectivity index (χ0) is 16.7. The molecule has 0 aliphatic carbocycles. The van der Waals surface area contributed by atoms with Crippen LogP contribution >= 0.6 is 0 Å². The van der Waals surface area contributed by atoms with Crippen molar-refractivity contribution in [3.63, 3.8) is 0 Å². The average molecular weight is 335 g/mol. The Hall–Kier alpha value is -1.14. The fourth-order valence-electron chi connectivity index (χ4n) is 3.30. The molecule has 2 fully saturated rings. The van der Waals surface area contributed by atoms with E-state index >= 15 is 0 Å². The van der Waals surface area contributed by atoms with Gasteiger partial charge in [-0.05, 0) is 30.5 Å². The Morgan fingerprint density at radius 1 is 1.17 bits per heavy atom. The number of benzene rings is 1. The van der Waals surface area contributed by atoms with Crippen molar-refractivity contribution >= 4 is 0 Å². The van der Waals surface area contributed by atoms with Gasteiger partial charge in [0.05, 0.1) is 11.7 Å². The maximum absolute atomic E-state index is 5.80. The van der Waals surface area contributed by atoms with Crippen molar-refractivity contribution in [2.45, 2.75) is 43.9 Å². The summed E-state index contributed by atoms with van der Waals surface area (Å²) in [6.45, 7) is 4.77. The molecule has 0 saturated carbocycles. The minimum Gasteiger partial charge on any atom is -0.491 e. The van der Waals surface area contributed by atoms with Crippen LogP contribution in [0.2, 0.25) is 0 Å². The molecule has 0 spiro atoms. The van der Waals surface area contributed by atoms with E-state index in [9.17, 15) is 0 Å². The molecule has 1 N–H and O–H groups in total. The molecule has 5 heteroatoms. The Balaban J connectivity index is 1.40. The molecule has 2 heterocycles. The molecule has 2 saturated heterocycles. The van der Waals surface area contributed by atoms with Crippen LogP contribution in [0.15, 0.2) is 24.3 Å². The van der Waals surface area contributed by atoms with Crippen molar-refractivity contribution in [1.82, 2.24) is 5.32 Å². The quantitative estimate of drug-likeness (QED) is 0.791. The summed E-state index contributed by atoms with van der Waals surface area (Å²) < 4.78 is 22.5. The lowest BCUT2D eigenvalue weighted by Gasteiger charge is -2.36. The van der Waals surface area contributed by atoms with Gasteiger partial charge in [0.15, 0.2) is 0 Å². The van der Waals surface area contributed by atoms with Gasteiger partial charge in [0.2, 0.25) is 0 Å². The second-order valence-electron chi connectivity index (χ2n) is 6.69. The van der Waals surface area contributed by atoms with E-state index in [1.54, 1.807) is 7.11 Å². The van der Waals surface area contributed by atoms with Crippen LogP contribution in [-0.2, 0) is 20.8 Å². The minimum absolute atomic E-state index is 0.0808. The molecule has 24 heavy (non-hydrogen) atoms. The van der Waals surface area contributed by atoms with E-state index in [1.165, 1.54) is 5.56 Å². The molecule has 2 aliphatic rings. The van der Waals surface area contributed by atoms with Gasteiger partial charge in [-0.15, -0.1) is 0 Å². The first-order chi connectivity index (χ1) is 11.8. The van der Waals surface area contributed by atoms with E-state index in [0.717, 1.165) is 64.3 Å². The number of rotatable bonds is 8. The summed E-state index contributed by atoms with van der Waals surface area (Å²) >= 11 is 0. The Kier molecular flexibility index (Phi) is 6.49. The minimum atomic E-state index is -0.0808. The van der Waals surface area contributed by atoms with Gasteiger partial charge in [0.1, 0.15) is 12.4 Å². The van der Waals surface area contributed by atoms with Crippen molar-refractivity contribution in [3.8, 4) is 5.75 Å². The maximum atomic E-state index is 5.80. The number of hydrogen-bond donors (Lipinski definition) is 1. The van der Waals surface area contributed by atoms with Crippen molar-refractivity contribution in [1.29, 1.82) is 0 Å². The normalized spacial score (nSPS) is 23.3. The smallest absolute Gasteiger partial charge is 0.119 e. The molecule has 1 aromatic carbocycles. The van der Waals surface area contributed by atoms with Crippen LogP contribution in [0.5, 0.6) is 5.75 Å². The molecule has 134 valence electrons. The van der Waals surface area contributed by atoms with E-state index < -0.39 is 0 Å². The summed E-state index contributed by atoms with van der Waals surface area (Å²) in [4.78, 5) is 0. The lowest BCUT2D eigenvalue weighted by Crippen LogP contribution is -2.46. The number of nitrogens with one attached hydrogen (secondary N) is 1. The second-order valence-corrected chi connectivity index (χ2v) is 6.69. The molecule has 0 radical (unpaired) electrons. The molecular weight excluding hydrogens is 306 g/mol. The number of ether oxygens (including phenoxy) is 4. The van der Waals surface area contributed by atoms with Gasteiger partial charge in [0, 0.05) is 52.9 Å². The third kappa shape index (κ3) is 4.93. The summed E-state index contributed by atoms with van der Waals surface area (Å²) in [5, 5.41) is 3.52. The number of hydrogen-bond acceptors (Lipinski definition) is 5. The van der Waals surface area contributed by atoms with E-state index in [1.807, 2.05) is 12.1 Å². The molecule has 1 unspecified atom stereocenters. The van der Waals surface area contributed by atoms with Gasteiger partial charge in [-0.25, -0.2) is 0 Å². The molecule has 3 rings (SSSR count). The largest absolute Gasteiger partial charge is 0.491 e. The molecule has 0 amide bonds. The maximum Gasteiger partial charge on any atom is 0.119 e. The van der Waals surface area contributed by atoms with Crippen molar-refractivity contribution in [3.05, 3.63) is 29.8 Å². The molecule has 1 aromatic rings. The molecule has 5 nitrogen and oxygen atoms in total. The second kappa shape index (κ2) is 8.81. The van der Waals surface area contributed by atoms with Crippen molar-refractivity contribution in [2.24, 2.45) is 0 Å². The van der Waals surface area contributed by atoms with E-state index in [-0.39, 0.29) is 11.7 Å². The average Bonchev–Trinajstić information content (AvgIpc) is 3.15. The third-order valence-electron chi connectivity index (χ3n) is 5.00. The molecule has 2 aliphatic heterocycles. The fraction of sp³-hybridized carbons (Fsp3) is 0.684. The van der Waals surface area contributed by atoms with Gasteiger partial charge in [-0.2, -0.15) is 0 Å². The fourth-order valence-corrected chi connectivity index (χ4v) is 3.30. The Morgan fingerprint density at radius 2 is 1.96 bits per heavy atom. The van der Waals surface area contributed by atoms with E-state index in [4.69, 9.17) is 18.9 Å². The lowest BCUT2D eigenvalue weighted by molar-refractivity contribution is -0.0877. The van der Waals surface area contributed by atoms with E-state index in [2.05, 4.69) is 17.4 Å². The first kappa shape index (κ1) is 17.7. The topological polar surface area (TPSA) is 49.0 Å². The van der Waals surface area contributed by atoms with Crippen LogP contribution in [0, 0.1) is 0 Å². The predicted octanol–water partition coefficient (Wildman–Crippen LogP) is 2.53. The van der Waals surface area contributed by atoms with Crippen LogP contribution in [0.25, 0.3) is 0 Å². The van der Waals surface area contributed by atoms with Crippen molar-refractivity contribution in [2.75, 3.05) is 40.1 Å². The Bertz CT molecular complexity index is 479. The highest BCUT2D eigenvalue weighted by Crippen LogP contribution is 2.23. The Labute approximate surface area is 144 Å². The van der Waals surface area contributed by atoms with Crippen LogP contribution in [0.3, 0.4) is 0 Å². The van der Waals surface area contributed by atoms with Crippen molar-refractivity contribution < 1.29 is 18.9 Å².